The smallest absolute Gasteiger partial charge is 0.351 e. The van der Waals surface area contributed by atoms with E-state index in [9.17, 15) is 30.8 Å². The Labute approximate surface area is 173 Å². The number of rotatable bonds is 4. The molecule has 1 aromatic heterocycles. The van der Waals surface area contributed by atoms with Gasteiger partial charge in [-0.3, -0.25) is 4.90 Å². The van der Waals surface area contributed by atoms with E-state index in [0.717, 1.165) is 27.8 Å². The number of hydrogen-bond acceptors (Lipinski definition) is 4. The fourth-order valence-electron chi connectivity index (χ4n) is 2.73. The van der Waals surface area contributed by atoms with Crippen molar-refractivity contribution in [3.63, 3.8) is 0 Å². The van der Waals surface area contributed by atoms with E-state index in [1.165, 1.54) is 31.3 Å². The summed E-state index contributed by atoms with van der Waals surface area (Å²) >= 11 is 0. The lowest BCUT2D eigenvalue weighted by atomic mass is 10.1. The molecule has 0 aliphatic heterocycles. The Morgan fingerprint density at radius 3 is 2.19 bits per heavy atom. The number of alkyl halides is 3. The minimum absolute atomic E-state index is 0.0376. The lowest BCUT2D eigenvalue weighted by Gasteiger charge is -2.15. The van der Waals surface area contributed by atoms with Crippen LogP contribution in [0.1, 0.15) is 5.69 Å². The van der Waals surface area contributed by atoms with Crippen LogP contribution in [0.15, 0.2) is 53.4 Å². The number of urea groups is 1. The summed E-state index contributed by atoms with van der Waals surface area (Å²) in [6, 6.07) is 7.76. The largest absolute Gasteiger partial charge is 0.435 e. The number of aromatic nitrogens is 2. The molecule has 0 spiro atoms. The van der Waals surface area contributed by atoms with Crippen LogP contribution in [-0.2, 0) is 16.2 Å². The molecule has 0 bridgehead atoms. The number of carbonyl (C=O) groups excluding carboxylic acids is 1. The van der Waals surface area contributed by atoms with Crippen LogP contribution >= 0.6 is 0 Å². The molecule has 0 atom stereocenters. The van der Waals surface area contributed by atoms with Crippen molar-refractivity contribution >= 4 is 21.7 Å². The van der Waals surface area contributed by atoms with Gasteiger partial charge in [0.15, 0.2) is 5.69 Å². The number of halogens is 4. The second-order valence-corrected chi connectivity index (χ2v) is 7.99. The molecule has 0 aliphatic carbocycles. The van der Waals surface area contributed by atoms with Crippen LogP contribution in [0.2, 0.25) is 0 Å². The summed E-state index contributed by atoms with van der Waals surface area (Å²) in [5.74, 6) is -0.929. The molecule has 0 aliphatic rings. The van der Waals surface area contributed by atoms with Gasteiger partial charge < -0.3 is 5.73 Å². The summed E-state index contributed by atoms with van der Waals surface area (Å²) in [7, 11) is -2.72. The molecule has 3 aromatic rings. The Morgan fingerprint density at radius 1 is 1.10 bits per heavy atom. The lowest BCUT2D eigenvalue weighted by Crippen LogP contribution is -2.31. The molecule has 2 aromatic carbocycles. The molecule has 31 heavy (non-hydrogen) atoms. The number of nitrogens with two attached hydrogens (primary N) is 2. The van der Waals surface area contributed by atoms with Crippen molar-refractivity contribution in [2.24, 2.45) is 10.9 Å². The standard InChI is InChI=1S/C18H15F4N5O3S/c1-26(17(23)28)11-4-7-13(14(19)8-11)15-9-16(18(20,21)22)25-27(15)10-2-5-12(6-3-10)31(24,29)30/h2-9H,1H3,(H2,23,28)(H2,24,29,30). The van der Waals surface area contributed by atoms with Crippen LogP contribution in [0.5, 0.6) is 0 Å². The molecule has 8 nitrogen and oxygen atoms in total. The van der Waals surface area contributed by atoms with Gasteiger partial charge in [0.25, 0.3) is 0 Å². The molecule has 2 amide bonds. The minimum atomic E-state index is -4.82. The van der Waals surface area contributed by atoms with Crippen molar-refractivity contribution in [1.82, 2.24) is 9.78 Å². The highest BCUT2D eigenvalue weighted by atomic mass is 32.2. The van der Waals surface area contributed by atoms with Gasteiger partial charge in [-0.15, -0.1) is 0 Å². The molecule has 164 valence electrons. The SMILES string of the molecule is CN(C(N)=O)c1ccc(-c2cc(C(F)(F)F)nn2-c2ccc(S(N)(=O)=O)cc2)c(F)c1. The monoisotopic (exact) mass is 457 g/mol. The third-order valence-electron chi connectivity index (χ3n) is 4.36. The zero-order valence-corrected chi connectivity index (χ0v) is 16.6. The highest BCUT2D eigenvalue weighted by Crippen LogP contribution is 2.35. The average molecular weight is 457 g/mol. The van der Waals surface area contributed by atoms with Crippen LogP contribution in [0.25, 0.3) is 16.9 Å². The van der Waals surface area contributed by atoms with Gasteiger partial charge in [0.2, 0.25) is 10.0 Å². The van der Waals surface area contributed by atoms with E-state index in [1.54, 1.807) is 0 Å². The molecule has 0 saturated heterocycles. The molecule has 0 saturated carbocycles. The first-order chi connectivity index (χ1) is 14.3. The maximum atomic E-state index is 14.8. The summed E-state index contributed by atoms with van der Waals surface area (Å²) in [6.45, 7) is 0. The number of primary sulfonamides is 1. The van der Waals surface area contributed by atoms with Crippen molar-refractivity contribution in [1.29, 1.82) is 0 Å². The number of primary amides is 1. The molecule has 0 radical (unpaired) electrons. The number of carbonyl (C=O) groups is 1. The minimum Gasteiger partial charge on any atom is -0.351 e. The molecule has 4 N–H and O–H groups in total. The topological polar surface area (TPSA) is 124 Å². The van der Waals surface area contributed by atoms with Gasteiger partial charge in [0.1, 0.15) is 5.82 Å². The molecule has 0 fully saturated rings. The summed E-state index contributed by atoms with van der Waals surface area (Å²) in [5, 5.41) is 8.53. The Morgan fingerprint density at radius 2 is 1.71 bits per heavy atom. The Bertz CT molecular complexity index is 1250. The van der Waals surface area contributed by atoms with Crippen molar-refractivity contribution in [3.8, 4) is 16.9 Å². The first-order valence-electron chi connectivity index (χ1n) is 8.42. The Hall–Kier alpha value is -3.45. The van der Waals surface area contributed by atoms with E-state index in [1.807, 2.05) is 0 Å². The normalized spacial score (nSPS) is 12.1. The Balaban J connectivity index is 2.17. The lowest BCUT2D eigenvalue weighted by molar-refractivity contribution is -0.141. The summed E-state index contributed by atoms with van der Waals surface area (Å²) in [5.41, 5.74) is 3.50. The van der Waals surface area contributed by atoms with Crippen LogP contribution < -0.4 is 15.8 Å². The molecule has 0 unspecified atom stereocenters. The zero-order chi connectivity index (χ0) is 23.1. The number of anilines is 1. The van der Waals surface area contributed by atoms with Gasteiger partial charge in [-0.25, -0.2) is 27.4 Å². The highest BCUT2D eigenvalue weighted by Gasteiger charge is 2.35. The number of benzene rings is 2. The maximum absolute atomic E-state index is 14.8. The fourth-order valence-corrected chi connectivity index (χ4v) is 3.25. The second kappa shape index (κ2) is 7.67. The van der Waals surface area contributed by atoms with E-state index >= 15 is 0 Å². The van der Waals surface area contributed by atoms with Crippen LogP contribution in [0, 0.1) is 5.82 Å². The van der Waals surface area contributed by atoms with Gasteiger partial charge in [-0.2, -0.15) is 18.3 Å². The third kappa shape index (κ3) is 4.51. The third-order valence-corrected chi connectivity index (χ3v) is 5.29. The quantitative estimate of drug-likeness (QED) is 0.585. The predicted molar refractivity (Wildman–Crippen MR) is 103 cm³/mol. The van der Waals surface area contributed by atoms with Gasteiger partial charge in [0, 0.05) is 18.3 Å². The number of hydrogen-bond donors (Lipinski definition) is 2. The molecule has 3 rings (SSSR count). The summed E-state index contributed by atoms with van der Waals surface area (Å²) in [6.07, 6.45) is -4.82. The predicted octanol–water partition coefficient (Wildman–Crippen LogP) is 2.86. The number of sulfonamides is 1. The fraction of sp³-hybridized carbons (Fsp3) is 0.111. The highest BCUT2D eigenvalue weighted by molar-refractivity contribution is 7.89. The van der Waals surface area contributed by atoms with Gasteiger partial charge in [0.05, 0.1) is 16.3 Å². The van der Waals surface area contributed by atoms with Gasteiger partial charge in [-0.1, -0.05) is 0 Å². The summed E-state index contributed by atoms with van der Waals surface area (Å²) < 4.78 is 78.2. The first-order valence-corrected chi connectivity index (χ1v) is 9.97. The van der Waals surface area contributed by atoms with E-state index in [-0.39, 0.29) is 27.5 Å². The number of nitrogens with zero attached hydrogens (tertiary/aromatic N) is 3. The average Bonchev–Trinajstić information content (AvgIpc) is 3.12. The molecule has 1 heterocycles. The van der Waals surface area contributed by atoms with Crippen molar-refractivity contribution in [3.05, 3.63) is 60.0 Å². The van der Waals surface area contributed by atoms with Crippen molar-refractivity contribution < 1.29 is 30.8 Å². The molecule has 13 heteroatoms. The van der Waals surface area contributed by atoms with Crippen LogP contribution in [0.4, 0.5) is 28.0 Å². The van der Waals surface area contributed by atoms with E-state index in [4.69, 9.17) is 10.9 Å². The molecular formula is C18H15F4N5O3S. The van der Waals surface area contributed by atoms with Crippen LogP contribution in [-0.4, -0.2) is 31.3 Å². The maximum Gasteiger partial charge on any atom is 0.435 e. The van der Waals surface area contributed by atoms with E-state index in [0.29, 0.717) is 6.07 Å². The van der Waals surface area contributed by atoms with Crippen molar-refractivity contribution in [2.75, 3.05) is 11.9 Å². The van der Waals surface area contributed by atoms with Gasteiger partial charge >= 0.3 is 12.2 Å². The molecular weight excluding hydrogens is 442 g/mol. The second-order valence-electron chi connectivity index (χ2n) is 6.42. The number of amides is 2. The van der Waals surface area contributed by atoms with Crippen molar-refractivity contribution in [2.45, 2.75) is 11.1 Å². The Kier molecular flexibility index (Phi) is 5.50. The first kappa shape index (κ1) is 22.2. The van der Waals surface area contributed by atoms with Crippen LogP contribution in [0.3, 0.4) is 0 Å². The zero-order valence-electron chi connectivity index (χ0n) is 15.8. The van der Waals surface area contributed by atoms with E-state index in [2.05, 4.69) is 5.10 Å². The summed E-state index contributed by atoms with van der Waals surface area (Å²) in [4.78, 5) is 11.9. The van der Waals surface area contributed by atoms with Gasteiger partial charge in [-0.05, 0) is 48.5 Å². The van der Waals surface area contributed by atoms with E-state index < -0.39 is 33.7 Å².